The second kappa shape index (κ2) is 11.8. The van der Waals surface area contributed by atoms with Gasteiger partial charge in [0, 0.05) is 13.1 Å². The Morgan fingerprint density at radius 1 is 1.19 bits per heavy atom. The lowest BCUT2D eigenvalue weighted by atomic mass is 9.98. The molecule has 0 aliphatic carbocycles. The van der Waals surface area contributed by atoms with Gasteiger partial charge in [-0.05, 0) is 50.0 Å². The topological polar surface area (TPSA) is 119 Å². The van der Waals surface area contributed by atoms with Crippen molar-refractivity contribution in [1.82, 2.24) is 4.31 Å². The first-order chi connectivity index (χ1) is 15.1. The number of thiophene rings is 1. The van der Waals surface area contributed by atoms with Gasteiger partial charge in [-0.15, -0.1) is 11.3 Å². The van der Waals surface area contributed by atoms with Crippen molar-refractivity contribution in [2.24, 2.45) is 11.8 Å². The molecule has 1 aromatic rings. The predicted molar refractivity (Wildman–Crippen MR) is 122 cm³/mol. The number of nitrogens with one attached hydrogen (secondary N) is 1. The molecule has 0 saturated carbocycles. The van der Waals surface area contributed by atoms with E-state index in [1.807, 2.05) is 19.2 Å². The number of rotatable bonds is 10. The summed E-state index contributed by atoms with van der Waals surface area (Å²) in [6.45, 7) is 7.63. The van der Waals surface area contributed by atoms with Gasteiger partial charge in [0.25, 0.3) is 5.91 Å². The SMILES string of the molecule is CCOC(=O)c1c(CC(C)C)csc1NC(=O)COC(=O)C1CCN(S(=O)(=O)CC)CC1. The molecule has 0 spiro atoms. The van der Waals surface area contributed by atoms with Crippen LogP contribution in [0.4, 0.5) is 5.00 Å². The second-order valence-corrected chi connectivity index (χ2v) is 11.2. The molecule has 1 amide bonds. The fourth-order valence-corrected chi connectivity index (χ4v) is 5.58. The summed E-state index contributed by atoms with van der Waals surface area (Å²) in [7, 11) is -3.27. The summed E-state index contributed by atoms with van der Waals surface area (Å²) in [4.78, 5) is 37.1. The van der Waals surface area contributed by atoms with Gasteiger partial charge in [0.1, 0.15) is 5.00 Å². The molecule has 2 rings (SSSR count). The zero-order chi connectivity index (χ0) is 23.9. The average molecular weight is 489 g/mol. The minimum absolute atomic E-state index is 0.0255. The van der Waals surface area contributed by atoms with Crippen LogP contribution in [0.15, 0.2) is 5.38 Å². The highest BCUT2D eigenvalue weighted by atomic mass is 32.2. The van der Waals surface area contributed by atoms with Crippen LogP contribution in [0.25, 0.3) is 0 Å². The van der Waals surface area contributed by atoms with Crippen molar-refractivity contribution in [3.8, 4) is 0 Å². The Hall–Kier alpha value is -1.98. The molecule has 0 unspecified atom stereocenters. The monoisotopic (exact) mass is 488 g/mol. The molecule has 0 aromatic carbocycles. The Morgan fingerprint density at radius 3 is 2.41 bits per heavy atom. The molecule has 1 fully saturated rings. The largest absolute Gasteiger partial charge is 0.462 e. The maximum absolute atomic E-state index is 12.4. The van der Waals surface area contributed by atoms with Crippen LogP contribution in [0.2, 0.25) is 0 Å². The van der Waals surface area contributed by atoms with E-state index in [0.29, 0.717) is 35.7 Å². The minimum Gasteiger partial charge on any atom is -0.462 e. The Morgan fingerprint density at radius 2 is 1.84 bits per heavy atom. The van der Waals surface area contributed by atoms with E-state index in [2.05, 4.69) is 5.32 Å². The van der Waals surface area contributed by atoms with Crippen molar-refractivity contribution in [3.63, 3.8) is 0 Å². The number of ether oxygens (including phenoxy) is 2. The molecule has 0 atom stereocenters. The van der Waals surface area contributed by atoms with Crippen molar-refractivity contribution >= 4 is 44.2 Å². The van der Waals surface area contributed by atoms with Gasteiger partial charge < -0.3 is 14.8 Å². The maximum atomic E-state index is 12.4. The van der Waals surface area contributed by atoms with Crippen molar-refractivity contribution < 1.29 is 32.3 Å². The van der Waals surface area contributed by atoms with E-state index in [1.165, 1.54) is 15.6 Å². The number of hydrogen-bond donors (Lipinski definition) is 1. The van der Waals surface area contributed by atoms with E-state index >= 15 is 0 Å². The Kier molecular flexibility index (Phi) is 9.65. The maximum Gasteiger partial charge on any atom is 0.341 e. The highest BCUT2D eigenvalue weighted by molar-refractivity contribution is 7.89. The number of esters is 2. The van der Waals surface area contributed by atoms with Gasteiger partial charge in [0.2, 0.25) is 10.0 Å². The summed E-state index contributed by atoms with van der Waals surface area (Å²) >= 11 is 1.23. The summed E-state index contributed by atoms with van der Waals surface area (Å²) in [6, 6.07) is 0. The third-order valence-electron chi connectivity index (χ3n) is 5.12. The highest BCUT2D eigenvalue weighted by Gasteiger charge is 2.31. The van der Waals surface area contributed by atoms with Crippen LogP contribution in [-0.2, 0) is 35.5 Å². The third-order valence-corrected chi connectivity index (χ3v) is 7.94. The lowest BCUT2D eigenvalue weighted by molar-refractivity contribution is -0.152. The predicted octanol–water partition coefficient (Wildman–Crippen LogP) is 2.67. The van der Waals surface area contributed by atoms with Crippen LogP contribution < -0.4 is 5.32 Å². The van der Waals surface area contributed by atoms with Crippen molar-refractivity contribution in [2.75, 3.05) is 37.4 Å². The first-order valence-electron chi connectivity index (χ1n) is 10.8. The molecular weight excluding hydrogens is 456 g/mol. The normalized spacial score (nSPS) is 15.5. The van der Waals surface area contributed by atoms with Gasteiger partial charge in [-0.1, -0.05) is 13.8 Å². The van der Waals surface area contributed by atoms with Gasteiger partial charge in [-0.2, -0.15) is 0 Å². The van der Waals surface area contributed by atoms with Crippen molar-refractivity contribution in [3.05, 3.63) is 16.5 Å². The molecule has 32 heavy (non-hydrogen) atoms. The molecule has 0 radical (unpaired) electrons. The van der Waals surface area contributed by atoms with Crippen LogP contribution >= 0.6 is 11.3 Å². The van der Waals surface area contributed by atoms with Gasteiger partial charge >= 0.3 is 11.9 Å². The summed E-state index contributed by atoms with van der Waals surface area (Å²) < 4.78 is 35.5. The van der Waals surface area contributed by atoms with Crippen LogP contribution in [0.3, 0.4) is 0 Å². The van der Waals surface area contributed by atoms with E-state index in [-0.39, 0.29) is 25.4 Å². The van der Waals surface area contributed by atoms with Crippen molar-refractivity contribution in [2.45, 2.75) is 47.0 Å². The van der Waals surface area contributed by atoms with E-state index in [9.17, 15) is 22.8 Å². The number of carbonyl (C=O) groups is 3. The smallest absolute Gasteiger partial charge is 0.341 e. The van der Waals surface area contributed by atoms with E-state index in [4.69, 9.17) is 9.47 Å². The second-order valence-electron chi connectivity index (χ2n) is 8.01. The lowest BCUT2D eigenvalue weighted by Gasteiger charge is -2.29. The zero-order valence-corrected chi connectivity index (χ0v) is 20.6. The molecule has 9 nitrogen and oxygen atoms in total. The minimum atomic E-state index is -3.27. The molecule has 1 aliphatic rings. The molecule has 1 aromatic heterocycles. The molecule has 11 heteroatoms. The van der Waals surface area contributed by atoms with Gasteiger partial charge in [-0.3, -0.25) is 9.59 Å². The standard InChI is InChI=1S/C21H32N2O7S2/c1-5-29-21(26)18-16(11-14(3)4)13-31-19(18)22-17(24)12-30-20(25)15-7-9-23(10-8-15)32(27,28)6-2/h13-15H,5-12H2,1-4H3,(H,22,24). The van der Waals surface area contributed by atoms with Gasteiger partial charge in [-0.25, -0.2) is 17.5 Å². The Labute approximate surface area is 193 Å². The molecule has 1 aliphatic heterocycles. The fourth-order valence-electron chi connectivity index (χ4n) is 3.47. The van der Waals surface area contributed by atoms with E-state index < -0.39 is 40.4 Å². The Balaban J connectivity index is 1.92. The van der Waals surface area contributed by atoms with Crippen LogP contribution in [0, 0.1) is 11.8 Å². The van der Waals surface area contributed by atoms with Gasteiger partial charge in [0.15, 0.2) is 6.61 Å². The van der Waals surface area contributed by atoms with Crippen LogP contribution in [-0.4, -0.2) is 62.6 Å². The highest BCUT2D eigenvalue weighted by Crippen LogP contribution is 2.31. The molecule has 1 N–H and O–H groups in total. The number of hydrogen-bond acceptors (Lipinski definition) is 8. The molecule has 1 saturated heterocycles. The molecular formula is C21H32N2O7S2. The van der Waals surface area contributed by atoms with Gasteiger partial charge in [0.05, 0.1) is 23.8 Å². The zero-order valence-electron chi connectivity index (χ0n) is 19.0. The fraction of sp³-hybridized carbons (Fsp3) is 0.667. The Bertz CT molecular complexity index is 917. The number of anilines is 1. The van der Waals surface area contributed by atoms with E-state index in [1.54, 1.807) is 13.8 Å². The first kappa shape index (κ1) is 26.3. The molecule has 0 bridgehead atoms. The van der Waals surface area contributed by atoms with Crippen LogP contribution in [0.5, 0.6) is 0 Å². The van der Waals surface area contributed by atoms with Crippen molar-refractivity contribution in [1.29, 1.82) is 0 Å². The summed E-state index contributed by atoms with van der Waals surface area (Å²) in [6.07, 6.45) is 1.38. The average Bonchev–Trinajstić information content (AvgIpc) is 3.13. The third kappa shape index (κ3) is 7.01. The summed E-state index contributed by atoms with van der Waals surface area (Å²) in [5.41, 5.74) is 1.15. The number of sulfonamides is 1. The van der Waals surface area contributed by atoms with Crippen LogP contribution in [0.1, 0.15) is 56.5 Å². The number of amides is 1. The quantitative estimate of drug-likeness (QED) is 0.503. The lowest BCUT2D eigenvalue weighted by Crippen LogP contribution is -2.41. The summed E-state index contributed by atoms with van der Waals surface area (Å²) in [5, 5.41) is 4.85. The number of nitrogens with zero attached hydrogens (tertiary/aromatic N) is 1. The first-order valence-corrected chi connectivity index (χ1v) is 13.3. The number of piperidine rings is 1. The van der Waals surface area contributed by atoms with E-state index in [0.717, 1.165) is 5.56 Å². The summed E-state index contributed by atoms with van der Waals surface area (Å²) in [5.74, 6) is -1.66. The molecule has 180 valence electrons. The molecule has 2 heterocycles. The number of carbonyl (C=O) groups excluding carboxylic acids is 3.